The number of carbonyl (C=O) groups is 1. The number of nitrogens with one attached hydrogen (secondary N) is 2. The van der Waals surface area contributed by atoms with Crippen LogP contribution in [0.4, 0.5) is 11.8 Å². The Bertz CT molecular complexity index is 866. The standard InChI is InChI=1S/C15H15BrN6O2/c1-24-6-5-18-12-3-2-4-13-19-15(21-22(12)13)20-14(23)10-7-11(16)9-17-8-10/h2-4,7-9,18H,5-6H2,1H3,(H,20,21,23). The van der Waals surface area contributed by atoms with Gasteiger partial charge in [-0.2, -0.15) is 9.50 Å². The fourth-order valence-electron chi connectivity index (χ4n) is 2.08. The Balaban J connectivity index is 1.80. The highest BCUT2D eigenvalue weighted by Crippen LogP contribution is 2.14. The zero-order valence-corrected chi connectivity index (χ0v) is 14.4. The van der Waals surface area contributed by atoms with E-state index in [0.29, 0.717) is 24.4 Å². The zero-order valence-electron chi connectivity index (χ0n) is 12.9. The highest BCUT2D eigenvalue weighted by atomic mass is 79.9. The molecule has 0 atom stereocenters. The number of halogens is 1. The van der Waals surface area contributed by atoms with Gasteiger partial charge in [0.25, 0.3) is 5.91 Å². The van der Waals surface area contributed by atoms with Crippen LogP contribution in [0.25, 0.3) is 5.65 Å². The molecule has 2 N–H and O–H groups in total. The first-order valence-corrected chi connectivity index (χ1v) is 7.97. The molecule has 1 amide bonds. The molecule has 0 aromatic carbocycles. The Morgan fingerprint density at radius 2 is 2.25 bits per heavy atom. The average molecular weight is 391 g/mol. The SMILES string of the molecule is COCCNc1cccc2nc(NC(=O)c3cncc(Br)c3)nn12. The summed E-state index contributed by atoms with van der Waals surface area (Å²) in [5, 5.41) is 10.2. The number of ether oxygens (including phenoxy) is 1. The van der Waals surface area contributed by atoms with Crippen LogP contribution in [0.15, 0.2) is 41.1 Å². The fourth-order valence-corrected chi connectivity index (χ4v) is 2.45. The number of methoxy groups -OCH3 is 1. The van der Waals surface area contributed by atoms with E-state index in [-0.39, 0.29) is 11.9 Å². The van der Waals surface area contributed by atoms with Gasteiger partial charge in [0.15, 0.2) is 5.65 Å². The van der Waals surface area contributed by atoms with E-state index >= 15 is 0 Å². The molecule has 0 aliphatic heterocycles. The number of aromatic nitrogens is 4. The lowest BCUT2D eigenvalue weighted by molar-refractivity contribution is 0.102. The minimum absolute atomic E-state index is 0.223. The molecule has 0 fully saturated rings. The van der Waals surface area contributed by atoms with E-state index in [9.17, 15) is 4.79 Å². The second-order valence-electron chi connectivity index (χ2n) is 4.88. The second kappa shape index (κ2) is 7.37. The molecule has 0 bridgehead atoms. The van der Waals surface area contributed by atoms with Crippen molar-refractivity contribution in [1.82, 2.24) is 19.6 Å². The number of fused-ring (bicyclic) bond motifs is 1. The predicted molar refractivity (Wildman–Crippen MR) is 93.2 cm³/mol. The molecule has 124 valence electrons. The fraction of sp³-hybridized carbons (Fsp3) is 0.200. The van der Waals surface area contributed by atoms with Gasteiger partial charge in [0.2, 0.25) is 5.95 Å². The summed E-state index contributed by atoms with van der Waals surface area (Å²) >= 11 is 3.29. The van der Waals surface area contributed by atoms with Gasteiger partial charge < -0.3 is 10.1 Å². The molecule has 3 aromatic heterocycles. The van der Waals surface area contributed by atoms with Crippen LogP contribution in [0.5, 0.6) is 0 Å². The summed E-state index contributed by atoms with van der Waals surface area (Å²) in [7, 11) is 1.64. The predicted octanol–water partition coefficient (Wildman–Crippen LogP) is 2.20. The van der Waals surface area contributed by atoms with Crippen LogP contribution in [0.2, 0.25) is 0 Å². The second-order valence-corrected chi connectivity index (χ2v) is 5.80. The van der Waals surface area contributed by atoms with E-state index in [1.54, 1.807) is 23.9 Å². The van der Waals surface area contributed by atoms with Gasteiger partial charge in [-0.05, 0) is 34.1 Å². The number of hydrogen-bond donors (Lipinski definition) is 2. The normalized spacial score (nSPS) is 10.8. The highest BCUT2D eigenvalue weighted by Gasteiger charge is 2.12. The number of hydrogen-bond acceptors (Lipinski definition) is 6. The van der Waals surface area contributed by atoms with Crippen molar-refractivity contribution in [3.05, 3.63) is 46.7 Å². The van der Waals surface area contributed by atoms with Gasteiger partial charge >= 0.3 is 0 Å². The maximum absolute atomic E-state index is 12.2. The molecule has 0 saturated carbocycles. The van der Waals surface area contributed by atoms with Crippen molar-refractivity contribution in [3.8, 4) is 0 Å². The molecular formula is C15H15BrN6O2. The lowest BCUT2D eigenvalue weighted by atomic mass is 10.3. The van der Waals surface area contributed by atoms with Gasteiger partial charge in [-0.1, -0.05) is 6.07 Å². The van der Waals surface area contributed by atoms with E-state index in [4.69, 9.17) is 4.74 Å². The first-order valence-electron chi connectivity index (χ1n) is 7.18. The van der Waals surface area contributed by atoms with Crippen molar-refractivity contribution in [2.24, 2.45) is 0 Å². The van der Waals surface area contributed by atoms with Crippen molar-refractivity contribution < 1.29 is 9.53 Å². The zero-order chi connectivity index (χ0) is 16.9. The van der Waals surface area contributed by atoms with Crippen LogP contribution >= 0.6 is 15.9 Å². The molecule has 0 spiro atoms. The largest absolute Gasteiger partial charge is 0.383 e. The molecular weight excluding hydrogens is 376 g/mol. The molecule has 24 heavy (non-hydrogen) atoms. The van der Waals surface area contributed by atoms with E-state index in [0.717, 1.165) is 10.3 Å². The van der Waals surface area contributed by atoms with Crippen molar-refractivity contribution in [3.63, 3.8) is 0 Å². The van der Waals surface area contributed by atoms with Gasteiger partial charge in [0.05, 0.1) is 12.2 Å². The van der Waals surface area contributed by atoms with Crippen LogP contribution in [-0.2, 0) is 4.74 Å². The average Bonchev–Trinajstić information content (AvgIpc) is 2.98. The van der Waals surface area contributed by atoms with Gasteiger partial charge in [-0.15, -0.1) is 5.10 Å². The van der Waals surface area contributed by atoms with Gasteiger partial charge in [0.1, 0.15) is 5.82 Å². The Morgan fingerprint density at radius 3 is 3.04 bits per heavy atom. The van der Waals surface area contributed by atoms with E-state index in [1.807, 2.05) is 18.2 Å². The monoisotopic (exact) mass is 390 g/mol. The summed E-state index contributed by atoms with van der Waals surface area (Å²) < 4.78 is 7.37. The Kier molecular flexibility index (Phi) is 5.02. The van der Waals surface area contributed by atoms with Crippen LogP contribution in [0.1, 0.15) is 10.4 Å². The van der Waals surface area contributed by atoms with Crippen molar-refractivity contribution in [1.29, 1.82) is 0 Å². The molecule has 0 aliphatic rings. The molecule has 9 heteroatoms. The molecule has 8 nitrogen and oxygen atoms in total. The van der Waals surface area contributed by atoms with Crippen LogP contribution in [0, 0.1) is 0 Å². The summed E-state index contributed by atoms with van der Waals surface area (Å²) in [4.78, 5) is 20.5. The third kappa shape index (κ3) is 3.69. The summed E-state index contributed by atoms with van der Waals surface area (Å²) in [6.07, 6.45) is 3.09. The van der Waals surface area contributed by atoms with Crippen molar-refractivity contribution >= 4 is 39.3 Å². The summed E-state index contributed by atoms with van der Waals surface area (Å²) in [5.74, 6) is 0.663. The van der Waals surface area contributed by atoms with Crippen molar-refractivity contribution in [2.45, 2.75) is 0 Å². The quantitative estimate of drug-likeness (QED) is 0.626. The molecule has 0 unspecified atom stereocenters. The number of amides is 1. The lowest BCUT2D eigenvalue weighted by Crippen LogP contribution is -2.14. The maximum atomic E-state index is 12.2. The lowest BCUT2D eigenvalue weighted by Gasteiger charge is -2.06. The van der Waals surface area contributed by atoms with Gasteiger partial charge in [0, 0.05) is 30.5 Å². The molecule has 3 rings (SSSR count). The Labute approximate surface area is 146 Å². The molecule has 3 aromatic rings. The van der Waals surface area contributed by atoms with E-state index < -0.39 is 0 Å². The molecule has 0 aliphatic carbocycles. The summed E-state index contributed by atoms with van der Waals surface area (Å²) in [6, 6.07) is 7.23. The van der Waals surface area contributed by atoms with E-state index in [1.165, 1.54) is 6.20 Å². The number of pyridine rings is 2. The molecule has 0 radical (unpaired) electrons. The first-order chi connectivity index (χ1) is 11.7. The topological polar surface area (TPSA) is 93.4 Å². The first kappa shape index (κ1) is 16.3. The minimum atomic E-state index is -0.325. The van der Waals surface area contributed by atoms with Gasteiger partial charge in [-0.25, -0.2) is 0 Å². The number of rotatable bonds is 6. The van der Waals surface area contributed by atoms with Crippen LogP contribution in [-0.4, -0.2) is 45.8 Å². The Hall–Kier alpha value is -2.52. The number of nitrogens with zero attached hydrogens (tertiary/aromatic N) is 4. The third-order valence-corrected chi connectivity index (χ3v) is 3.60. The molecule has 0 saturated heterocycles. The number of anilines is 2. The maximum Gasteiger partial charge on any atom is 0.259 e. The van der Waals surface area contributed by atoms with Crippen LogP contribution in [0.3, 0.4) is 0 Å². The van der Waals surface area contributed by atoms with E-state index in [2.05, 4.69) is 41.6 Å². The van der Waals surface area contributed by atoms with Gasteiger partial charge in [-0.3, -0.25) is 15.1 Å². The molecule has 3 heterocycles. The summed E-state index contributed by atoms with van der Waals surface area (Å²) in [6.45, 7) is 1.21. The number of carbonyl (C=O) groups excluding carboxylic acids is 1. The smallest absolute Gasteiger partial charge is 0.259 e. The highest BCUT2D eigenvalue weighted by molar-refractivity contribution is 9.10. The summed E-state index contributed by atoms with van der Waals surface area (Å²) in [5.41, 5.74) is 1.04. The Morgan fingerprint density at radius 1 is 1.38 bits per heavy atom. The minimum Gasteiger partial charge on any atom is -0.383 e. The third-order valence-electron chi connectivity index (χ3n) is 3.16. The van der Waals surface area contributed by atoms with Crippen LogP contribution < -0.4 is 10.6 Å². The van der Waals surface area contributed by atoms with Crippen molar-refractivity contribution in [2.75, 3.05) is 30.9 Å².